The van der Waals surface area contributed by atoms with Gasteiger partial charge < -0.3 is 10.1 Å². The van der Waals surface area contributed by atoms with Crippen molar-refractivity contribution in [1.82, 2.24) is 5.32 Å². The Hall–Kier alpha value is -1.02. The van der Waals surface area contributed by atoms with Gasteiger partial charge >= 0.3 is 0 Å². The van der Waals surface area contributed by atoms with Gasteiger partial charge in [0.15, 0.2) is 0 Å². The normalized spacial score (nSPS) is 29.8. The van der Waals surface area contributed by atoms with Crippen molar-refractivity contribution in [2.24, 2.45) is 5.92 Å². The molecule has 1 aromatic carbocycles. The molecular weight excluding hydrogens is 246 g/mol. The number of fused-ring (bicyclic) bond motifs is 1. The molecule has 1 N–H and O–H groups in total. The first-order valence-corrected chi connectivity index (χ1v) is 8.18. The van der Waals surface area contributed by atoms with Crippen molar-refractivity contribution >= 4 is 0 Å². The van der Waals surface area contributed by atoms with E-state index in [1.165, 1.54) is 49.7 Å². The van der Waals surface area contributed by atoms with E-state index in [1.807, 2.05) is 0 Å². The predicted molar refractivity (Wildman–Crippen MR) is 83.4 cm³/mol. The van der Waals surface area contributed by atoms with Crippen LogP contribution in [0, 0.1) is 5.92 Å². The average molecular weight is 273 g/mol. The van der Waals surface area contributed by atoms with E-state index in [-0.39, 0.29) is 0 Å². The Morgan fingerprint density at radius 3 is 2.75 bits per heavy atom. The van der Waals surface area contributed by atoms with Gasteiger partial charge in [-0.05, 0) is 61.3 Å². The first-order chi connectivity index (χ1) is 9.76. The maximum Gasteiger partial charge on any atom is 0.119 e. The first-order valence-electron chi connectivity index (χ1n) is 8.18. The minimum Gasteiger partial charge on any atom is -0.497 e. The molecule has 3 unspecified atom stereocenters. The first kappa shape index (κ1) is 13.9. The Labute approximate surface area is 122 Å². The topological polar surface area (TPSA) is 21.3 Å². The molecule has 0 radical (unpaired) electrons. The number of hydrogen-bond donors (Lipinski definition) is 1. The lowest BCUT2D eigenvalue weighted by molar-refractivity contribution is 0.249. The van der Waals surface area contributed by atoms with Crippen LogP contribution in [0.2, 0.25) is 0 Å². The van der Waals surface area contributed by atoms with Crippen molar-refractivity contribution in [2.75, 3.05) is 7.11 Å². The zero-order valence-electron chi connectivity index (χ0n) is 12.8. The van der Waals surface area contributed by atoms with Crippen LogP contribution in [0.1, 0.15) is 50.2 Å². The lowest BCUT2D eigenvalue weighted by atomic mass is 9.83. The third-order valence-electron chi connectivity index (χ3n) is 5.20. The summed E-state index contributed by atoms with van der Waals surface area (Å²) in [4.78, 5) is 0. The highest BCUT2D eigenvalue weighted by atomic mass is 16.5. The highest BCUT2D eigenvalue weighted by Gasteiger charge is 2.26. The number of aryl methyl sites for hydroxylation is 1. The van der Waals surface area contributed by atoms with E-state index >= 15 is 0 Å². The monoisotopic (exact) mass is 273 g/mol. The van der Waals surface area contributed by atoms with Crippen LogP contribution in [-0.2, 0) is 12.8 Å². The number of nitrogens with one attached hydrogen (secondary N) is 1. The van der Waals surface area contributed by atoms with Crippen molar-refractivity contribution in [3.63, 3.8) is 0 Å². The highest BCUT2D eigenvalue weighted by molar-refractivity contribution is 5.37. The SMILES string of the molecule is COc1ccc2c(c1)CC(NC1CCCCC1C)CC2. The molecule has 0 spiro atoms. The number of benzene rings is 1. The molecule has 0 aromatic heterocycles. The molecule has 0 bridgehead atoms. The fraction of sp³-hybridized carbons (Fsp3) is 0.667. The van der Waals surface area contributed by atoms with Crippen molar-refractivity contribution in [2.45, 2.75) is 64.0 Å². The second-order valence-electron chi connectivity index (χ2n) is 6.61. The summed E-state index contributed by atoms with van der Waals surface area (Å²) in [7, 11) is 1.75. The van der Waals surface area contributed by atoms with Crippen LogP contribution in [-0.4, -0.2) is 19.2 Å². The van der Waals surface area contributed by atoms with Crippen molar-refractivity contribution < 1.29 is 4.74 Å². The molecule has 3 atom stereocenters. The molecule has 0 heterocycles. The molecule has 20 heavy (non-hydrogen) atoms. The van der Waals surface area contributed by atoms with Gasteiger partial charge in [-0.2, -0.15) is 0 Å². The Bertz CT molecular complexity index is 457. The second kappa shape index (κ2) is 6.17. The lowest BCUT2D eigenvalue weighted by Gasteiger charge is -2.35. The second-order valence-corrected chi connectivity index (χ2v) is 6.61. The van der Waals surface area contributed by atoms with Crippen LogP contribution in [0.4, 0.5) is 0 Å². The zero-order valence-corrected chi connectivity index (χ0v) is 12.8. The summed E-state index contributed by atoms with van der Waals surface area (Å²) in [6, 6.07) is 7.96. The van der Waals surface area contributed by atoms with Gasteiger partial charge in [-0.15, -0.1) is 0 Å². The largest absolute Gasteiger partial charge is 0.497 e. The van der Waals surface area contributed by atoms with E-state index in [0.29, 0.717) is 6.04 Å². The van der Waals surface area contributed by atoms with Crippen LogP contribution in [0.25, 0.3) is 0 Å². The van der Waals surface area contributed by atoms with Crippen LogP contribution >= 0.6 is 0 Å². The third kappa shape index (κ3) is 3.01. The van der Waals surface area contributed by atoms with Gasteiger partial charge in [-0.3, -0.25) is 0 Å². The molecule has 2 aliphatic rings. The number of methoxy groups -OCH3 is 1. The minimum absolute atomic E-state index is 0.653. The number of hydrogen-bond acceptors (Lipinski definition) is 2. The molecule has 1 saturated carbocycles. The van der Waals surface area contributed by atoms with Gasteiger partial charge in [0.25, 0.3) is 0 Å². The van der Waals surface area contributed by atoms with Crippen LogP contribution in [0.5, 0.6) is 5.75 Å². The summed E-state index contributed by atoms with van der Waals surface area (Å²) in [6.45, 7) is 2.41. The molecule has 3 rings (SSSR count). The molecule has 0 saturated heterocycles. The molecule has 2 nitrogen and oxygen atoms in total. The van der Waals surface area contributed by atoms with Crippen molar-refractivity contribution in [3.8, 4) is 5.75 Å². The maximum atomic E-state index is 5.36. The van der Waals surface area contributed by atoms with E-state index in [9.17, 15) is 0 Å². The summed E-state index contributed by atoms with van der Waals surface area (Å²) in [5.41, 5.74) is 3.00. The standard InChI is InChI=1S/C18H27NO/c1-13-5-3-4-6-18(13)19-16-9-7-14-8-10-17(20-2)12-15(14)11-16/h8,10,12-13,16,18-19H,3-7,9,11H2,1-2H3. The van der Waals surface area contributed by atoms with Gasteiger partial charge in [-0.1, -0.05) is 25.8 Å². The summed E-state index contributed by atoms with van der Waals surface area (Å²) in [5.74, 6) is 1.84. The molecule has 110 valence electrons. The van der Waals surface area contributed by atoms with E-state index in [1.54, 1.807) is 7.11 Å². The Morgan fingerprint density at radius 2 is 1.95 bits per heavy atom. The average Bonchev–Trinajstić information content (AvgIpc) is 2.49. The van der Waals surface area contributed by atoms with Gasteiger partial charge in [-0.25, -0.2) is 0 Å². The van der Waals surface area contributed by atoms with E-state index in [4.69, 9.17) is 4.74 Å². The van der Waals surface area contributed by atoms with E-state index in [0.717, 1.165) is 24.1 Å². The van der Waals surface area contributed by atoms with E-state index < -0.39 is 0 Å². The predicted octanol–water partition coefficient (Wildman–Crippen LogP) is 3.72. The van der Waals surface area contributed by atoms with Crippen molar-refractivity contribution in [1.29, 1.82) is 0 Å². The zero-order chi connectivity index (χ0) is 13.9. The Morgan fingerprint density at radius 1 is 1.10 bits per heavy atom. The molecule has 2 aliphatic carbocycles. The summed E-state index contributed by atoms with van der Waals surface area (Å²) in [5, 5.41) is 3.95. The lowest BCUT2D eigenvalue weighted by Crippen LogP contribution is -2.45. The smallest absolute Gasteiger partial charge is 0.119 e. The molecule has 0 amide bonds. The minimum atomic E-state index is 0.653. The molecule has 2 heteroatoms. The quantitative estimate of drug-likeness (QED) is 0.906. The molecule has 0 aliphatic heterocycles. The molecular formula is C18H27NO. The summed E-state index contributed by atoms with van der Waals surface area (Å²) >= 11 is 0. The Kier molecular flexibility index (Phi) is 4.30. The fourth-order valence-electron chi connectivity index (χ4n) is 3.87. The van der Waals surface area contributed by atoms with Gasteiger partial charge in [0.2, 0.25) is 0 Å². The fourth-order valence-corrected chi connectivity index (χ4v) is 3.87. The van der Waals surface area contributed by atoms with Gasteiger partial charge in [0.05, 0.1) is 7.11 Å². The summed E-state index contributed by atoms with van der Waals surface area (Å²) < 4.78 is 5.36. The maximum absolute atomic E-state index is 5.36. The molecule has 1 fully saturated rings. The van der Waals surface area contributed by atoms with E-state index in [2.05, 4.69) is 30.4 Å². The highest BCUT2D eigenvalue weighted by Crippen LogP contribution is 2.28. The van der Waals surface area contributed by atoms with Gasteiger partial charge in [0, 0.05) is 12.1 Å². The van der Waals surface area contributed by atoms with Gasteiger partial charge in [0.1, 0.15) is 5.75 Å². The van der Waals surface area contributed by atoms with Crippen LogP contribution in [0.3, 0.4) is 0 Å². The molecule has 1 aromatic rings. The number of ether oxygens (including phenoxy) is 1. The number of rotatable bonds is 3. The summed E-state index contributed by atoms with van der Waals surface area (Å²) in [6.07, 6.45) is 9.23. The van der Waals surface area contributed by atoms with Crippen LogP contribution in [0.15, 0.2) is 18.2 Å². The van der Waals surface area contributed by atoms with Crippen LogP contribution < -0.4 is 10.1 Å². The van der Waals surface area contributed by atoms with Crippen molar-refractivity contribution in [3.05, 3.63) is 29.3 Å². The Balaban J connectivity index is 1.65. The third-order valence-corrected chi connectivity index (χ3v) is 5.20.